The lowest BCUT2D eigenvalue weighted by atomic mass is 10.3. The standard InChI is InChI=1S/C15H31N3O/c1-4-7-8-9-10-15(19)17-12-11-16-13-14-18(5-2)6-3/h8-9,16H,4-7,10-14H2,1-3H3,(H,17,19)/b9-8+. The summed E-state index contributed by atoms with van der Waals surface area (Å²) in [5.74, 6) is 0.109. The van der Waals surface area contributed by atoms with E-state index in [4.69, 9.17) is 0 Å². The Morgan fingerprint density at radius 2 is 1.79 bits per heavy atom. The van der Waals surface area contributed by atoms with E-state index in [-0.39, 0.29) is 5.91 Å². The average Bonchev–Trinajstić information content (AvgIpc) is 2.43. The van der Waals surface area contributed by atoms with Crippen LogP contribution in [-0.2, 0) is 4.79 Å². The molecule has 0 saturated heterocycles. The summed E-state index contributed by atoms with van der Waals surface area (Å²) in [7, 11) is 0. The quantitative estimate of drug-likeness (QED) is 0.419. The van der Waals surface area contributed by atoms with E-state index in [9.17, 15) is 4.79 Å². The van der Waals surface area contributed by atoms with E-state index in [1.165, 1.54) is 0 Å². The summed E-state index contributed by atoms with van der Waals surface area (Å²) in [6.07, 6.45) is 6.71. The number of hydrogen-bond donors (Lipinski definition) is 2. The van der Waals surface area contributed by atoms with Gasteiger partial charge in [0.05, 0.1) is 0 Å². The molecular weight excluding hydrogens is 238 g/mol. The zero-order chi connectivity index (χ0) is 14.3. The first-order valence-electron chi connectivity index (χ1n) is 7.59. The topological polar surface area (TPSA) is 44.4 Å². The number of unbranched alkanes of at least 4 members (excludes halogenated alkanes) is 1. The third kappa shape index (κ3) is 11.9. The van der Waals surface area contributed by atoms with Gasteiger partial charge >= 0.3 is 0 Å². The van der Waals surface area contributed by atoms with Crippen molar-refractivity contribution in [3.05, 3.63) is 12.2 Å². The van der Waals surface area contributed by atoms with E-state index in [2.05, 4.69) is 42.4 Å². The molecule has 0 saturated carbocycles. The van der Waals surface area contributed by atoms with Crippen LogP contribution in [0.5, 0.6) is 0 Å². The Hall–Kier alpha value is -0.870. The summed E-state index contributed by atoms with van der Waals surface area (Å²) in [5.41, 5.74) is 0. The summed E-state index contributed by atoms with van der Waals surface area (Å²) >= 11 is 0. The Labute approximate surface area is 118 Å². The van der Waals surface area contributed by atoms with Crippen molar-refractivity contribution >= 4 is 5.91 Å². The second kappa shape index (κ2) is 13.6. The molecule has 0 bridgehead atoms. The number of hydrogen-bond acceptors (Lipinski definition) is 3. The van der Waals surface area contributed by atoms with E-state index in [1.54, 1.807) is 0 Å². The van der Waals surface area contributed by atoms with Crippen LogP contribution in [0.15, 0.2) is 12.2 Å². The second-order valence-electron chi connectivity index (χ2n) is 4.59. The first-order chi connectivity index (χ1) is 9.24. The summed E-state index contributed by atoms with van der Waals surface area (Å²) < 4.78 is 0. The van der Waals surface area contributed by atoms with Crippen molar-refractivity contribution < 1.29 is 4.79 Å². The maximum Gasteiger partial charge on any atom is 0.223 e. The van der Waals surface area contributed by atoms with Crippen molar-refractivity contribution in [1.82, 2.24) is 15.5 Å². The molecule has 0 aliphatic rings. The normalized spacial score (nSPS) is 11.4. The molecule has 1 amide bonds. The number of carbonyl (C=O) groups excluding carboxylic acids is 1. The molecular formula is C15H31N3O. The number of allylic oxidation sites excluding steroid dienone is 1. The zero-order valence-corrected chi connectivity index (χ0v) is 12.9. The second-order valence-corrected chi connectivity index (χ2v) is 4.59. The first kappa shape index (κ1) is 18.1. The third-order valence-corrected chi connectivity index (χ3v) is 3.05. The molecule has 2 N–H and O–H groups in total. The van der Waals surface area contributed by atoms with Crippen molar-refractivity contribution in [1.29, 1.82) is 0 Å². The largest absolute Gasteiger partial charge is 0.355 e. The molecule has 0 fully saturated rings. The molecule has 0 aliphatic carbocycles. The van der Waals surface area contributed by atoms with Gasteiger partial charge in [0.1, 0.15) is 0 Å². The van der Waals surface area contributed by atoms with Crippen molar-refractivity contribution in [2.45, 2.75) is 40.0 Å². The van der Waals surface area contributed by atoms with Gasteiger partial charge in [0.15, 0.2) is 0 Å². The highest BCUT2D eigenvalue weighted by Crippen LogP contribution is 1.90. The fourth-order valence-electron chi connectivity index (χ4n) is 1.74. The van der Waals surface area contributed by atoms with Crippen LogP contribution < -0.4 is 10.6 Å². The van der Waals surface area contributed by atoms with Gasteiger partial charge in [-0.15, -0.1) is 0 Å². The minimum Gasteiger partial charge on any atom is -0.355 e. The van der Waals surface area contributed by atoms with Crippen LogP contribution in [0.3, 0.4) is 0 Å². The molecule has 0 aliphatic heterocycles. The van der Waals surface area contributed by atoms with Crippen LogP contribution in [0.25, 0.3) is 0 Å². The van der Waals surface area contributed by atoms with Gasteiger partial charge in [0.2, 0.25) is 5.91 Å². The van der Waals surface area contributed by atoms with Crippen LogP contribution in [0.2, 0.25) is 0 Å². The minimum absolute atomic E-state index is 0.109. The number of carbonyl (C=O) groups is 1. The van der Waals surface area contributed by atoms with Gasteiger partial charge in [-0.2, -0.15) is 0 Å². The molecule has 4 heteroatoms. The Kier molecular flexibility index (Phi) is 12.9. The van der Waals surface area contributed by atoms with Crippen LogP contribution in [0.1, 0.15) is 40.0 Å². The molecule has 0 spiro atoms. The van der Waals surface area contributed by atoms with E-state index >= 15 is 0 Å². The fourth-order valence-corrected chi connectivity index (χ4v) is 1.74. The van der Waals surface area contributed by atoms with Crippen molar-refractivity contribution in [3.8, 4) is 0 Å². The summed E-state index contributed by atoms with van der Waals surface area (Å²) in [5, 5.41) is 6.25. The molecule has 0 rings (SSSR count). The van der Waals surface area contributed by atoms with E-state index in [0.717, 1.165) is 45.6 Å². The van der Waals surface area contributed by atoms with Crippen molar-refractivity contribution in [3.63, 3.8) is 0 Å². The van der Waals surface area contributed by atoms with Gasteiger partial charge in [-0.1, -0.05) is 39.3 Å². The van der Waals surface area contributed by atoms with Gasteiger partial charge < -0.3 is 15.5 Å². The monoisotopic (exact) mass is 269 g/mol. The lowest BCUT2D eigenvalue weighted by molar-refractivity contribution is -0.120. The molecule has 19 heavy (non-hydrogen) atoms. The number of likely N-dealkylation sites (N-methyl/N-ethyl adjacent to an activating group) is 1. The highest BCUT2D eigenvalue weighted by Gasteiger charge is 1.98. The van der Waals surface area contributed by atoms with Crippen LogP contribution in [0, 0.1) is 0 Å². The maximum atomic E-state index is 11.4. The van der Waals surface area contributed by atoms with Gasteiger partial charge in [-0.3, -0.25) is 4.79 Å². The molecule has 0 aromatic rings. The van der Waals surface area contributed by atoms with Crippen LogP contribution in [-0.4, -0.2) is 50.1 Å². The lowest BCUT2D eigenvalue weighted by Gasteiger charge is -2.17. The highest BCUT2D eigenvalue weighted by molar-refractivity contribution is 5.77. The van der Waals surface area contributed by atoms with E-state index in [0.29, 0.717) is 13.0 Å². The average molecular weight is 269 g/mol. The Morgan fingerprint density at radius 3 is 2.42 bits per heavy atom. The molecule has 0 heterocycles. The Balaban J connectivity index is 3.36. The van der Waals surface area contributed by atoms with Crippen LogP contribution in [0.4, 0.5) is 0 Å². The molecule has 0 aromatic carbocycles. The molecule has 0 atom stereocenters. The molecule has 0 aromatic heterocycles. The summed E-state index contributed by atoms with van der Waals surface area (Å²) in [6.45, 7) is 12.3. The maximum absolute atomic E-state index is 11.4. The van der Waals surface area contributed by atoms with Gasteiger partial charge in [0, 0.05) is 32.6 Å². The van der Waals surface area contributed by atoms with Gasteiger partial charge in [-0.25, -0.2) is 0 Å². The summed E-state index contributed by atoms with van der Waals surface area (Å²) in [4.78, 5) is 13.8. The van der Waals surface area contributed by atoms with Gasteiger partial charge in [0.25, 0.3) is 0 Å². The molecule has 0 radical (unpaired) electrons. The SMILES string of the molecule is CCC/C=C/CC(=O)NCCNCCN(CC)CC. The highest BCUT2D eigenvalue weighted by atomic mass is 16.1. The Bertz CT molecular complexity index is 238. The third-order valence-electron chi connectivity index (χ3n) is 3.05. The number of rotatable bonds is 12. The van der Waals surface area contributed by atoms with Crippen molar-refractivity contribution in [2.24, 2.45) is 0 Å². The molecule has 112 valence electrons. The number of amides is 1. The first-order valence-corrected chi connectivity index (χ1v) is 7.59. The Morgan fingerprint density at radius 1 is 1.05 bits per heavy atom. The number of nitrogens with one attached hydrogen (secondary N) is 2. The minimum atomic E-state index is 0.109. The number of nitrogens with zero attached hydrogens (tertiary/aromatic N) is 1. The van der Waals surface area contributed by atoms with Crippen LogP contribution >= 0.6 is 0 Å². The summed E-state index contributed by atoms with van der Waals surface area (Å²) in [6, 6.07) is 0. The smallest absolute Gasteiger partial charge is 0.223 e. The van der Waals surface area contributed by atoms with Crippen molar-refractivity contribution in [2.75, 3.05) is 39.3 Å². The van der Waals surface area contributed by atoms with Gasteiger partial charge in [-0.05, 0) is 19.5 Å². The van der Waals surface area contributed by atoms with E-state index in [1.807, 2.05) is 6.08 Å². The molecule has 0 unspecified atom stereocenters. The van der Waals surface area contributed by atoms with E-state index < -0.39 is 0 Å². The predicted octanol–water partition coefficient (Wildman–Crippen LogP) is 1.78. The fraction of sp³-hybridized carbons (Fsp3) is 0.800. The predicted molar refractivity (Wildman–Crippen MR) is 82.3 cm³/mol. The lowest BCUT2D eigenvalue weighted by Crippen LogP contribution is -2.36. The molecule has 4 nitrogen and oxygen atoms in total. The zero-order valence-electron chi connectivity index (χ0n) is 12.9.